The first-order valence-electron chi connectivity index (χ1n) is 13.7. The minimum atomic E-state index is -1.39. The third-order valence-corrected chi connectivity index (χ3v) is 7.16. The van der Waals surface area contributed by atoms with E-state index >= 15 is 0 Å². The minimum Gasteiger partial charge on any atom is -0.508 e. The van der Waals surface area contributed by atoms with E-state index in [9.17, 15) is 50.4 Å². The molecule has 0 radical (unpaired) electrons. The molecule has 0 saturated heterocycles. The number of phenols is 9. The van der Waals surface area contributed by atoms with E-state index in [1.807, 2.05) is 0 Å². The molecule has 1 aliphatic heterocycles. The lowest BCUT2D eigenvalue weighted by Gasteiger charge is -2.34. The molecule has 0 saturated carbocycles. The van der Waals surface area contributed by atoms with Crippen LogP contribution >= 0.6 is 0 Å². The first-order chi connectivity index (χ1) is 22.0. The highest BCUT2D eigenvalue weighted by atomic mass is 16.6. The van der Waals surface area contributed by atoms with Crippen molar-refractivity contribution in [3.05, 3.63) is 82.9 Å². The van der Waals surface area contributed by atoms with E-state index in [1.165, 1.54) is 49.4 Å². The second kappa shape index (κ2) is 13.0. The van der Waals surface area contributed by atoms with Gasteiger partial charge in [-0.15, -0.1) is 0 Å². The average Bonchev–Trinajstić information content (AvgIpc) is 2.99. The molecule has 1 aliphatic rings. The van der Waals surface area contributed by atoms with E-state index in [0.717, 1.165) is 18.2 Å². The maximum atomic E-state index is 12.7. The zero-order chi connectivity index (χ0) is 34.8. The van der Waals surface area contributed by atoms with Crippen molar-refractivity contribution in [1.29, 1.82) is 0 Å². The molecule has 4 aromatic rings. The molecule has 0 amide bonds. The SMILES string of the molecule is CC(N)(Cc1ccc(O)c(O)c1)C(=O)O.O=C(OC1Cc2c(O)cc(O)cc2OC1c1ccc(O)c(O)c1)c1cc(O)c(O)c(O)c1. The number of carbonyl (C=O) groups is 2. The van der Waals surface area contributed by atoms with Crippen LogP contribution in [-0.4, -0.2) is 74.6 Å². The third-order valence-electron chi connectivity index (χ3n) is 7.16. The number of aromatic hydroxyl groups is 9. The maximum absolute atomic E-state index is 12.7. The molecule has 0 aliphatic carbocycles. The quantitative estimate of drug-likeness (QED) is 0.105. The van der Waals surface area contributed by atoms with Gasteiger partial charge < -0.3 is 66.3 Å². The molecule has 15 nitrogen and oxygen atoms in total. The number of hydrogen-bond acceptors (Lipinski definition) is 14. The number of phenolic OH excluding ortho intramolecular Hbond substituents is 9. The molecule has 0 bridgehead atoms. The van der Waals surface area contributed by atoms with Gasteiger partial charge in [-0.25, -0.2) is 4.79 Å². The van der Waals surface area contributed by atoms with Crippen LogP contribution in [0.15, 0.2) is 60.7 Å². The van der Waals surface area contributed by atoms with Crippen LogP contribution in [0.5, 0.6) is 57.5 Å². The van der Waals surface area contributed by atoms with Crippen LogP contribution in [0.4, 0.5) is 0 Å². The van der Waals surface area contributed by atoms with Gasteiger partial charge in [0.2, 0.25) is 0 Å². The number of fused-ring (bicyclic) bond motifs is 1. The highest BCUT2D eigenvalue weighted by Crippen LogP contribution is 2.44. The lowest BCUT2D eigenvalue weighted by molar-refractivity contribution is -0.142. The molecule has 0 aromatic heterocycles. The molecule has 3 unspecified atom stereocenters. The molecular weight excluding hydrogens is 622 g/mol. The van der Waals surface area contributed by atoms with E-state index in [2.05, 4.69) is 0 Å². The van der Waals surface area contributed by atoms with Crippen molar-refractivity contribution in [2.75, 3.05) is 0 Å². The van der Waals surface area contributed by atoms with Crippen molar-refractivity contribution in [3.63, 3.8) is 0 Å². The predicted molar refractivity (Wildman–Crippen MR) is 161 cm³/mol. The summed E-state index contributed by atoms with van der Waals surface area (Å²) in [6.07, 6.45) is -2.04. The Morgan fingerprint density at radius 1 is 0.787 bits per heavy atom. The second-order valence-electron chi connectivity index (χ2n) is 11.0. The monoisotopic (exact) mass is 653 g/mol. The number of aliphatic carboxylic acids is 1. The van der Waals surface area contributed by atoms with E-state index in [0.29, 0.717) is 11.1 Å². The standard InChI is InChI=1S/C22H18O10.C10H13NO4/c23-11-6-14(25)12-8-19(32-22(30)10-4-16(27)20(29)17(28)5-10)21(31-18(12)7-11)9-1-2-13(24)15(26)3-9;1-10(11,9(14)15)5-6-2-3-7(12)8(13)4-6/h1-7,19,21,23-29H,8H2;2-4,12-13H,5,11H2,1H3,(H,14,15). The van der Waals surface area contributed by atoms with E-state index in [1.54, 1.807) is 0 Å². The summed E-state index contributed by atoms with van der Waals surface area (Å²) in [6.45, 7) is 1.39. The van der Waals surface area contributed by atoms with Gasteiger partial charge in [-0.05, 0) is 48.9 Å². The van der Waals surface area contributed by atoms with Crippen molar-refractivity contribution in [2.45, 2.75) is 37.5 Å². The molecule has 47 heavy (non-hydrogen) atoms. The predicted octanol–water partition coefficient (Wildman–Crippen LogP) is 2.97. The number of ether oxygens (including phenoxy) is 2. The summed E-state index contributed by atoms with van der Waals surface area (Å²) in [5.74, 6) is -6.07. The lowest BCUT2D eigenvalue weighted by Crippen LogP contribution is -2.46. The van der Waals surface area contributed by atoms with Crippen LogP contribution < -0.4 is 10.5 Å². The molecule has 5 rings (SSSR count). The number of nitrogens with two attached hydrogens (primary N) is 1. The van der Waals surface area contributed by atoms with E-state index < -0.39 is 52.7 Å². The normalized spacial score (nSPS) is 16.4. The number of hydrogen-bond donors (Lipinski definition) is 11. The summed E-state index contributed by atoms with van der Waals surface area (Å²) < 4.78 is 11.4. The van der Waals surface area contributed by atoms with Crippen LogP contribution in [0.1, 0.15) is 40.1 Å². The Kier molecular flexibility index (Phi) is 9.33. The molecule has 0 spiro atoms. The van der Waals surface area contributed by atoms with Crippen LogP contribution in [0.25, 0.3) is 0 Å². The number of benzene rings is 4. The second-order valence-corrected chi connectivity index (χ2v) is 11.0. The summed E-state index contributed by atoms with van der Waals surface area (Å²) in [4.78, 5) is 23.4. The number of carbonyl (C=O) groups excluding carboxylic acids is 1. The first-order valence-corrected chi connectivity index (χ1v) is 13.7. The van der Waals surface area contributed by atoms with E-state index in [-0.39, 0.29) is 58.5 Å². The molecule has 15 heteroatoms. The smallest absolute Gasteiger partial charge is 0.338 e. The van der Waals surface area contributed by atoms with Gasteiger partial charge in [0.25, 0.3) is 0 Å². The van der Waals surface area contributed by atoms with Gasteiger partial charge in [0, 0.05) is 36.1 Å². The van der Waals surface area contributed by atoms with Gasteiger partial charge in [-0.3, -0.25) is 4.79 Å². The van der Waals surface area contributed by atoms with Gasteiger partial charge in [-0.2, -0.15) is 0 Å². The van der Waals surface area contributed by atoms with Crippen molar-refractivity contribution in [2.24, 2.45) is 5.73 Å². The minimum absolute atomic E-state index is 0.0461. The Morgan fingerprint density at radius 3 is 1.96 bits per heavy atom. The first kappa shape index (κ1) is 33.7. The number of carboxylic acids is 1. The Bertz CT molecular complexity index is 1810. The molecule has 0 fully saturated rings. The summed E-state index contributed by atoms with van der Waals surface area (Å²) in [7, 11) is 0. The molecule has 3 atom stereocenters. The number of esters is 1. The van der Waals surface area contributed by atoms with Crippen molar-refractivity contribution >= 4 is 11.9 Å². The van der Waals surface area contributed by atoms with Crippen LogP contribution in [-0.2, 0) is 22.4 Å². The number of rotatable bonds is 6. The lowest BCUT2D eigenvalue weighted by atomic mass is 9.93. The van der Waals surface area contributed by atoms with Gasteiger partial charge in [0.05, 0.1) is 5.56 Å². The van der Waals surface area contributed by atoms with Gasteiger partial charge in [0.1, 0.15) is 28.9 Å². The van der Waals surface area contributed by atoms with Crippen molar-refractivity contribution in [1.82, 2.24) is 0 Å². The zero-order valence-electron chi connectivity index (χ0n) is 24.5. The van der Waals surface area contributed by atoms with Crippen molar-refractivity contribution < 1.29 is 70.1 Å². The Hall–Kier alpha value is -6.22. The molecular formula is C32H31NO14. The fourth-order valence-corrected chi connectivity index (χ4v) is 4.66. The van der Waals surface area contributed by atoms with Crippen molar-refractivity contribution in [3.8, 4) is 57.5 Å². The average molecular weight is 654 g/mol. The van der Waals surface area contributed by atoms with Crippen LogP contribution in [0.3, 0.4) is 0 Å². The number of carboxylic acid groups (broad SMARTS) is 1. The van der Waals surface area contributed by atoms with Gasteiger partial charge in [0.15, 0.2) is 46.4 Å². The molecule has 1 heterocycles. The summed E-state index contributed by atoms with van der Waals surface area (Å²) in [5, 5.41) is 95.3. The topological polar surface area (TPSA) is 281 Å². The molecule has 248 valence electrons. The molecule has 4 aromatic carbocycles. The zero-order valence-corrected chi connectivity index (χ0v) is 24.5. The highest BCUT2D eigenvalue weighted by molar-refractivity contribution is 5.91. The third kappa shape index (κ3) is 7.54. The van der Waals surface area contributed by atoms with E-state index in [4.69, 9.17) is 25.4 Å². The summed E-state index contributed by atoms with van der Waals surface area (Å²) in [5.41, 5.74) is 5.03. The Balaban J connectivity index is 0.000000280. The fraction of sp³-hybridized carbons (Fsp3) is 0.188. The van der Waals surface area contributed by atoms with Gasteiger partial charge >= 0.3 is 11.9 Å². The summed E-state index contributed by atoms with van der Waals surface area (Å²) >= 11 is 0. The fourth-order valence-electron chi connectivity index (χ4n) is 4.66. The van der Waals surface area contributed by atoms with Crippen LogP contribution in [0.2, 0.25) is 0 Å². The largest absolute Gasteiger partial charge is 0.508 e. The Labute approximate surface area is 265 Å². The Morgan fingerprint density at radius 2 is 1.38 bits per heavy atom. The van der Waals surface area contributed by atoms with Crippen LogP contribution in [0, 0.1) is 0 Å². The maximum Gasteiger partial charge on any atom is 0.338 e. The highest BCUT2D eigenvalue weighted by Gasteiger charge is 2.37. The van der Waals surface area contributed by atoms with Gasteiger partial charge in [-0.1, -0.05) is 12.1 Å². The summed E-state index contributed by atoms with van der Waals surface area (Å²) in [6, 6.07) is 12.2. The molecule has 12 N–H and O–H groups in total.